The molecule has 0 unspecified atom stereocenters. The maximum Gasteiger partial charge on any atom is 0.413 e. The molecule has 6 heteroatoms. The van der Waals surface area contributed by atoms with Crippen molar-refractivity contribution >= 4 is 0 Å². The number of hydrogen-bond donors (Lipinski definition) is 1. The molecule has 17 heavy (non-hydrogen) atoms. The molecule has 0 atom stereocenters. The van der Waals surface area contributed by atoms with E-state index in [1.165, 1.54) is 0 Å². The zero-order valence-corrected chi connectivity index (χ0v) is 9.60. The van der Waals surface area contributed by atoms with Crippen LogP contribution in [0, 0.1) is 6.92 Å². The minimum Gasteiger partial charge on any atom is -0.496 e. The predicted molar refractivity (Wildman–Crippen MR) is 56.6 cm³/mol. The summed E-state index contributed by atoms with van der Waals surface area (Å²) in [5.74, 6) is 0.741. The van der Waals surface area contributed by atoms with Gasteiger partial charge >= 0.3 is 6.18 Å². The van der Waals surface area contributed by atoms with Gasteiger partial charge in [-0.25, -0.2) is 0 Å². The number of benzene rings is 1. The molecule has 0 spiro atoms. The Balaban J connectivity index is 2.40. The molecule has 1 aromatic carbocycles. The van der Waals surface area contributed by atoms with Gasteiger partial charge in [-0.15, -0.1) is 0 Å². The van der Waals surface area contributed by atoms with Crippen LogP contribution in [0.5, 0.6) is 5.75 Å². The van der Waals surface area contributed by atoms with Crippen LogP contribution in [0.4, 0.5) is 13.2 Å². The van der Waals surface area contributed by atoms with Crippen LogP contribution in [0.15, 0.2) is 18.2 Å². The first-order valence-corrected chi connectivity index (χ1v) is 4.97. The van der Waals surface area contributed by atoms with Gasteiger partial charge in [0, 0.05) is 6.54 Å². The van der Waals surface area contributed by atoms with Gasteiger partial charge in [0.25, 0.3) is 0 Å². The molecular weight excluding hydrogens is 235 g/mol. The second-order valence-corrected chi connectivity index (χ2v) is 3.53. The molecule has 0 amide bonds. The Bertz CT molecular complexity index is 366. The fourth-order valence-corrected chi connectivity index (χ4v) is 1.32. The first-order chi connectivity index (χ1) is 7.92. The van der Waals surface area contributed by atoms with Crippen LogP contribution in [0.3, 0.4) is 0 Å². The fraction of sp³-hybridized carbons (Fsp3) is 0.455. The highest BCUT2D eigenvalue weighted by atomic mass is 19.4. The average molecular weight is 249 g/mol. The molecule has 0 saturated heterocycles. The summed E-state index contributed by atoms with van der Waals surface area (Å²) in [6.45, 7) is 0.766. The van der Waals surface area contributed by atoms with E-state index in [0.717, 1.165) is 16.9 Å². The predicted octanol–water partition coefficient (Wildman–Crippen LogP) is 2.59. The third-order valence-corrected chi connectivity index (χ3v) is 2.07. The molecule has 1 aromatic rings. The zero-order valence-electron chi connectivity index (χ0n) is 9.60. The average Bonchev–Trinajstić information content (AvgIpc) is 2.23. The van der Waals surface area contributed by atoms with Crippen molar-refractivity contribution < 1.29 is 22.7 Å². The van der Waals surface area contributed by atoms with E-state index >= 15 is 0 Å². The second kappa shape index (κ2) is 5.88. The second-order valence-electron chi connectivity index (χ2n) is 3.53. The normalized spacial score (nSPS) is 11.6. The molecule has 0 aliphatic rings. The van der Waals surface area contributed by atoms with Gasteiger partial charge in [-0.2, -0.15) is 18.7 Å². The van der Waals surface area contributed by atoms with E-state index in [1.54, 1.807) is 19.2 Å². The van der Waals surface area contributed by atoms with E-state index in [0.29, 0.717) is 0 Å². The lowest BCUT2D eigenvalue weighted by Crippen LogP contribution is -2.24. The Morgan fingerprint density at radius 1 is 1.29 bits per heavy atom. The highest BCUT2D eigenvalue weighted by molar-refractivity contribution is 5.35. The molecule has 96 valence electrons. The standard InChI is InChI=1S/C11H14F3NO2/c1-8-5-9(3-4-10(8)16-2)6-15-17-7-11(12,13)14/h3-5,15H,6-7H2,1-2H3. The van der Waals surface area contributed by atoms with Gasteiger partial charge in [0.1, 0.15) is 5.75 Å². The summed E-state index contributed by atoms with van der Waals surface area (Å²) in [4.78, 5) is 4.29. The van der Waals surface area contributed by atoms with Gasteiger partial charge in [0.05, 0.1) is 7.11 Å². The first-order valence-electron chi connectivity index (χ1n) is 4.97. The summed E-state index contributed by atoms with van der Waals surface area (Å²) >= 11 is 0. The van der Waals surface area contributed by atoms with Crippen LogP contribution in [0.25, 0.3) is 0 Å². The van der Waals surface area contributed by atoms with Crippen molar-refractivity contribution in [2.24, 2.45) is 0 Å². The van der Waals surface area contributed by atoms with Gasteiger partial charge < -0.3 is 4.74 Å². The Morgan fingerprint density at radius 3 is 2.53 bits per heavy atom. The van der Waals surface area contributed by atoms with E-state index in [1.807, 2.05) is 13.0 Å². The number of nitrogens with one attached hydrogen (secondary N) is 1. The Morgan fingerprint density at radius 2 is 2.00 bits per heavy atom. The van der Waals surface area contributed by atoms with Crippen molar-refractivity contribution in [3.63, 3.8) is 0 Å². The van der Waals surface area contributed by atoms with Crippen molar-refractivity contribution in [1.82, 2.24) is 5.48 Å². The fourth-order valence-electron chi connectivity index (χ4n) is 1.32. The van der Waals surface area contributed by atoms with Gasteiger partial charge in [0.15, 0.2) is 6.61 Å². The lowest BCUT2D eigenvalue weighted by molar-refractivity contribution is -0.190. The Hall–Kier alpha value is -1.27. The number of hydrogen-bond acceptors (Lipinski definition) is 3. The molecule has 0 radical (unpaired) electrons. The molecule has 0 fully saturated rings. The van der Waals surface area contributed by atoms with E-state index in [-0.39, 0.29) is 6.54 Å². The molecule has 3 nitrogen and oxygen atoms in total. The third kappa shape index (κ3) is 5.06. The highest BCUT2D eigenvalue weighted by Crippen LogP contribution is 2.18. The van der Waals surface area contributed by atoms with Crippen LogP contribution < -0.4 is 10.2 Å². The van der Waals surface area contributed by atoms with Crippen molar-refractivity contribution in [2.75, 3.05) is 13.7 Å². The van der Waals surface area contributed by atoms with Crippen molar-refractivity contribution in [1.29, 1.82) is 0 Å². The smallest absolute Gasteiger partial charge is 0.413 e. The van der Waals surface area contributed by atoms with E-state index < -0.39 is 12.8 Å². The minimum absolute atomic E-state index is 0.209. The molecular formula is C11H14F3NO2. The maximum atomic E-state index is 11.8. The van der Waals surface area contributed by atoms with E-state index in [4.69, 9.17) is 4.74 Å². The summed E-state index contributed by atoms with van der Waals surface area (Å²) < 4.78 is 40.4. The number of aryl methyl sites for hydroxylation is 1. The summed E-state index contributed by atoms with van der Waals surface area (Å²) in [6, 6.07) is 5.34. The van der Waals surface area contributed by atoms with Gasteiger partial charge in [-0.1, -0.05) is 12.1 Å². The number of alkyl halides is 3. The molecule has 0 aliphatic heterocycles. The highest BCUT2D eigenvalue weighted by Gasteiger charge is 2.27. The monoisotopic (exact) mass is 249 g/mol. The number of halogens is 3. The van der Waals surface area contributed by atoms with E-state index in [2.05, 4.69) is 10.3 Å². The molecule has 1 N–H and O–H groups in total. The largest absolute Gasteiger partial charge is 0.496 e. The maximum absolute atomic E-state index is 11.8. The lowest BCUT2D eigenvalue weighted by atomic mass is 10.1. The van der Waals surface area contributed by atoms with Crippen LogP contribution in [-0.4, -0.2) is 19.9 Å². The summed E-state index contributed by atoms with van der Waals surface area (Å²) in [5.41, 5.74) is 4.01. The summed E-state index contributed by atoms with van der Waals surface area (Å²) in [5, 5.41) is 0. The van der Waals surface area contributed by atoms with Crippen molar-refractivity contribution in [3.05, 3.63) is 29.3 Å². The molecule has 1 rings (SSSR count). The SMILES string of the molecule is COc1ccc(CNOCC(F)(F)F)cc1C. The third-order valence-electron chi connectivity index (χ3n) is 2.07. The number of rotatable bonds is 5. The van der Waals surface area contributed by atoms with Gasteiger partial charge in [-0.3, -0.25) is 4.84 Å². The van der Waals surface area contributed by atoms with Crippen LogP contribution in [-0.2, 0) is 11.4 Å². The zero-order chi connectivity index (χ0) is 12.9. The summed E-state index contributed by atoms with van der Waals surface area (Å²) in [7, 11) is 1.56. The van der Waals surface area contributed by atoms with Gasteiger partial charge in [0.2, 0.25) is 0 Å². The molecule has 0 heterocycles. The molecule has 0 aliphatic carbocycles. The molecule has 0 saturated carbocycles. The quantitative estimate of drug-likeness (QED) is 0.642. The van der Waals surface area contributed by atoms with Crippen molar-refractivity contribution in [3.8, 4) is 5.75 Å². The number of ether oxygens (including phenoxy) is 1. The number of hydroxylamine groups is 1. The van der Waals surface area contributed by atoms with Crippen molar-refractivity contribution in [2.45, 2.75) is 19.6 Å². The molecule has 0 bridgehead atoms. The lowest BCUT2D eigenvalue weighted by Gasteiger charge is -2.10. The summed E-state index contributed by atoms with van der Waals surface area (Å²) in [6.07, 6.45) is -4.32. The Labute approximate surface area is 97.5 Å². The van der Waals surface area contributed by atoms with Crippen LogP contribution in [0.1, 0.15) is 11.1 Å². The number of methoxy groups -OCH3 is 1. The van der Waals surface area contributed by atoms with E-state index in [9.17, 15) is 13.2 Å². The topological polar surface area (TPSA) is 30.5 Å². The van der Waals surface area contributed by atoms with Crippen LogP contribution >= 0.6 is 0 Å². The minimum atomic E-state index is -4.32. The van der Waals surface area contributed by atoms with Crippen LogP contribution in [0.2, 0.25) is 0 Å². The first kappa shape index (κ1) is 13.8. The van der Waals surface area contributed by atoms with Gasteiger partial charge in [-0.05, 0) is 24.1 Å². The Kier molecular flexibility index (Phi) is 4.77. The molecule has 0 aromatic heterocycles.